The average molecular weight is 196 g/mol. The highest BCUT2D eigenvalue weighted by Crippen LogP contribution is 1.99. The lowest BCUT2D eigenvalue weighted by Crippen LogP contribution is -2.12. The van der Waals surface area contributed by atoms with Gasteiger partial charge in [-0.2, -0.15) is 0 Å². The van der Waals surface area contributed by atoms with E-state index in [-0.39, 0.29) is 14.3 Å². The Morgan fingerprint density at radius 1 is 1.36 bits per heavy atom. The van der Waals surface area contributed by atoms with Gasteiger partial charge in [-0.15, -0.1) is 0 Å². The zero-order valence-electron chi connectivity index (χ0n) is 7.46. The van der Waals surface area contributed by atoms with Crippen molar-refractivity contribution in [2.75, 3.05) is 0 Å². The summed E-state index contributed by atoms with van der Waals surface area (Å²) in [5.74, 6) is 0. The minimum absolute atomic E-state index is 0. The summed E-state index contributed by atoms with van der Waals surface area (Å²) in [7, 11) is 0. The monoisotopic (exact) mass is 196 g/mol. The van der Waals surface area contributed by atoms with Crippen molar-refractivity contribution in [3.8, 4) is 0 Å². The molecule has 0 saturated heterocycles. The lowest BCUT2D eigenvalue weighted by atomic mass is 10.2. The third-order valence-electron chi connectivity index (χ3n) is 1.22. The molecular formula is C8H11BNO4. The van der Waals surface area contributed by atoms with Crippen LogP contribution in [0.1, 0.15) is 5.56 Å². The summed E-state index contributed by atoms with van der Waals surface area (Å²) in [5, 5.41) is 14.0. The fraction of sp³-hybridized carbons (Fsp3) is 0.125. The molecule has 1 aromatic rings. The van der Waals surface area contributed by atoms with Crippen molar-refractivity contribution in [3.63, 3.8) is 0 Å². The minimum atomic E-state index is -0.742. The van der Waals surface area contributed by atoms with Crippen molar-refractivity contribution in [3.05, 3.63) is 35.9 Å². The summed E-state index contributed by atoms with van der Waals surface area (Å²) in [6.07, 6.45) is -0.742. The number of benzene rings is 1. The average Bonchev–Trinajstić information content (AvgIpc) is 2.18. The summed E-state index contributed by atoms with van der Waals surface area (Å²) >= 11 is 0. The van der Waals surface area contributed by atoms with Crippen molar-refractivity contribution in [2.24, 2.45) is 5.73 Å². The Kier molecular flexibility index (Phi) is 7.21. The van der Waals surface area contributed by atoms with Crippen LogP contribution in [0.5, 0.6) is 0 Å². The SMILES string of the molecule is NC(=O)OCc1ccccc1.O[B]O. The van der Waals surface area contributed by atoms with Crippen molar-refractivity contribution in [2.45, 2.75) is 6.61 Å². The Balaban J connectivity index is 0.000000500. The van der Waals surface area contributed by atoms with Crippen LogP contribution in [0.4, 0.5) is 4.79 Å². The number of hydrogen-bond donors (Lipinski definition) is 3. The van der Waals surface area contributed by atoms with E-state index in [1.54, 1.807) is 0 Å². The van der Waals surface area contributed by atoms with Gasteiger partial charge in [-0.25, -0.2) is 4.79 Å². The maximum atomic E-state index is 10.2. The first-order valence-electron chi connectivity index (χ1n) is 3.77. The Labute approximate surface area is 82.4 Å². The Hall–Kier alpha value is -1.53. The molecule has 0 aromatic heterocycles. The molecule has 1 aromatic carbocycles. The molecule has 4 N–H and O–H groups in total. The van der Waals surface area contributed by atoms with Gasteiger partial charge in [0.2, 0.25) is 0 Å². The molecule has 1 amide bonds. The highest BCUT2D eigenvalue weighted by Gasteiger charge is 1.93. The fourth-order valence-electron chi connectivity index (χ4n) is 0.729. The van der Waals surface area contributed by atoms with Crippen molar-refractivity contribution < 1.29 is 19.6 Å². The topological polar surface area (TPSA) is 92.8 Å². The van der Waals surface area contributed by atoms with Gasteiger partial charge >= 0.3 is 13.8 Å². The van der Waals surface area contributed by atoms with Gasteiger partial charge in [0.25, 0.3) is 0 Å². The van der Waals surface area contributed by atoms with Gasteiger partial charge in [0.15, 0.2) is 0 Å². The highest BCUT2D eigenvalue weighted by atomic mass is 16.5. The first-order chi connectivity index (χ1) is 6.70. The van der Waals surface area contributed by atoms with Crippen LogP contribution in [-0.2, 0) is 11.3 Å². The quantitative estimate of drug-likeness (QED) is 0.570. The number of nitrogens with two attached hydrogens (primary N) is 1. The molecule has 0 unspecified atom stereocenters. The van der Waals surface area contributed by atoms with Gasteiger partial charge in [0.05, 0.1) is 0 Å². The standard InChI is InChI=1S/C8H9NO2.BH2O2/c9-8(10)11-6-7-4-2-1-3-5-7;2-1-3/h1-5H,6H2,(H2,9,10);2-3H. The number of carbonyl (C=O) groups excluding carboxylic acids is 1. The third kappa shape index (κ3) is 7.14. The maximum Gasteiger partial charge on any atom is 0.482 e. The van der Waals surface area contributed by atoms with Crippen LogP contribution in [0.15, 0.2) is 30.3 Å². The Bertz CT molecular complexity index is 255. The van der Waals surface area contributed by atoms with E-state index >= 15 is 0 Å². The molecule has 0 aliphatic heterocycles. The van der Waals surface area contributed by atoms with Gasteiger partial charge in [-0.3, -0.25) is 0 Å². The van der Waals surface area contributed by atoms with Crippen molar-refractivity contribution >= 4 is 13.8 Å². The molecule has 14 heavy (non-hydrogen) atoms. The molecule has 6 heteroatoms. The van der Waals surface area contributed by atoms with Gasteiger partial charge < -0.3 is 20.5 Å². The molecular weight excluding hydrogens is 185 g/mol. The molecule has 75 valence electrons. The van der Waals surface area contributed by atoms with E-state index in [4.69, 9.17) is 15.8 Å². The molecule has 0 heterocycles. The molecule has 0 spiro atoms. The molecule has 0 aliphatic rings. The van der Waals surface area contributed by atoms with Crippen LogP contribution < -0.4 is 5.73 Å². The number of rotatable bonds is 2. The lowest BCUT2D eigenvalue weighted by Gasteiger charge is -1.99. The Morgan fingerprint density at radius 3 is 2.29 bits per heavy atom. The zero-order valence-corrected chi connectivity index (χ0v) is 7.46. The summed E-state index contributed by atoms with van der Waals surface area (Å²) < 4.78 is 4.57. The molecule has 1 rings (SSSR count). The second-order valence-corrected chi connectivity index (χ2v) is 2.21. The molecule has 0 atom stereocenters. The summed E-state index contributed by atoms with van der Waals surface area (Å²) in [5.41, 5.74) is 5.72. The van der Waals surface area contributed by atoms with E-state index in [2.05, 4.69) is 4.74 Å². The maximum absolute atomic E-state index is 10.2. The van der Waals surface area contributed by atoms with Gasteiger partial charge in [0, 0.05) is 0 Å². The van der Waals surface area contributed by atoms with Crippen LogP contribution in [0, 0.1) is 0 Å². The van der Waals surface area contributed by atoms with Crippen LogP contribution in [-0.4, -0.2) is 23.8 Å². The second kappa shape index (κ2) is 8.09. The molecule has 0 saturated carbocycles. The first-order valence-corrected chi connectivity index (χ1v) is 3.77. The summed E-state index contributed by atoms with van der Waals surface area (Å²) in [4.78, 5) is 10.2. The van der Waals surface area contributed by atoms with E-state index in [1.807, 2.05) is 30.3 Å². The van der Waals surface area contributed by atoms with E-state index in [9.17, 15) is 4.79 Å². The van der Waals surface area contributed by atoms with Crippen LogP contribution in [0.25, 0.3) is 0 Å². The fourth-order valence-corrected chi connectivity index (χ4v) is 0.729. The Morgan fingerprint density at radius 2 is 1.86 bits per heavy atom. The molecule has 0 fully saturated rings. The predicted molar refractivity (Wildman–Crippen MR) is 51.0 cm³/mol. The molecule has 0 bridgehead atoms. The van der Waals surface area contributed by atoms with Crippen LogP contribution in [0.2, 0.25) is 0 Å². The van der Waals surface area contributed by atoms with Crippen LogP contribution in [0.3, 0.4) is 0 Å². The largest absolute Gasteiger partial charge is 0.482 e. The van der Waals surface area contributed by atoms with Crippen LogP contribution >= 0.6 is 0 Å². The third-order valence-corrected chi connectivity index (χ3v) is 1.22. The number of carbonyl (C=O) groups is 1. The predicted octanol–water partition coefficient (Wildman–Crippen LogP) is -0.213. The summed E-state index contributed by atoms with van der Waals surface area (Å²) in [6, 6.07) is 9.37. The van der Waals surface area contributed by atoms with Crippen molar-refractivity contribution in [1.82, 2.24) is 0 Å². The molecule has 5 nitrogen and oxygen atoms in total. The highest BCUT2D eigenvalue weighted by molar-refractivity contribution is 6.13. The van der Waals surface area contributed by atoms with E-state index < -0.39 is 6.09 Å². The van der Waals surface area contributed by atoms with E-state index in [1.165, 1.54) is 0 Å². The number of primary amides is 1. The lowest BCUT2D eigenvalue weighted by molar-refractivity contribution is 0.150. The second-order valence-electron chi connectivity index (χ2n) is 2.21. The zero-order chi connectivity index (χ0) is 10.8. The first kappa shape index (κ1) is 12.5. The number of ether oxygens (including phenoxy) is 1. The van der Waals surface area contributed by atoms with Gasteiger partial charge in [-0.05, 0) is 5.56 Å². The van der Waals surface area contributed by atoms with Crippen molar-refractivity contribution in [1.29, 1.82) is 0 Å². The molecule has 0 aliphatic carbocycles. The van der Waals surface area contributed by atoms with E-state index in [0.717, 1.165) is 5.56 Å². The smallest absolute Gasteiger partial charge is 0.445 e. The van der Waals surface area contributed by atoms with Gasteiger partial charge in [-0.1, -0.05) is 30.3 Å². The van der Waals surface area contributed by atoms with E-state index in [0.29, 0.717) is 0 Å². The number of hydrogen-bond acceptors (Lipinski definition) is 4. The normalized spacial score (nSPS) is 8.14. The minimum Gasteiger partial charge on any atom is -0.445 e. The summed E-state index contributed by atoms with van der Waals surface area (Å²) in [6.45, 7) is 0.246. The van der Waals surface area contributed by atoms with Gasteiger partial charge in [0.1, 0.15) is 6.61 Å². The number of amides is 1. The molecule has 1 radical (unpaired) electrons.